The molecule has 0 bridgehead atoms. The first-order valence-corrected chi connectivity index (χ1v) is 8.32. The fourth-order valence-electron chi connectivity index (χ4n) is 2.05. The summed E-state index contributed by atoms with van der Waals surface area (Å²) in [5, 5.41) is 10.3. The van der Waals surface area contributed by atoms with Crippen molar-refractivity contribution in [2.24, 2.45) is 0 Å². The number of methoxy groups -OCH3 is 1. The molecule has 0 amide bonds. The van der Waals surface area contributed by atoms with E-state index in [0.717, 1.165) is 5.56 Å². The van der Waals surface area contributed by atoms with Crippen LogP contribution in [0.2, 0.25) is 5.02 Å². The molecule has 2 aromatic carbocycles. The Labute approximate surface area is 152 Å². The Morgan fingerprint density at radius 2 is 2.04 bits per heavy atom. The lowest BCUT2D eigenvalue weighted by atomic mass is 10.2. The molecule has 3 aromatic rings. The summed E-state index contributed by atoms with van der Waals surface area (Å²) in [5.74, 6) is -0.107. The number of carboxylic acid groups (broad SMARTS) is 1. The van der Waals surface area contributed by atoms with Gasteiger partial charge in [0.2, 0.25) is 5.89 Å². The number of anilines is 1. The second kappa shape index (κ2) is 7.50. The van der Waals surface area contributed by atoms with Gasteiger partial charge in [-0.25, -0.2) is 9.78 Å². The SMILES string of the molecule is COc1cc(C(=O)O)ccc1NSc1coc(-c2ccc(Cl)cc2)n1. The lowest BCUT2D eigenvalue weighted by Gasteiger charge is -2.09. The predicted octanol–water partition coefficient (Wildman–Crippen LogP) is 4.82. The molecule has 0 aliphatic rings. The monoisotopic (exact) mass is 376 g/mol. The van der Waals surface area contributed by atoms with Gasteiger partial charge in [-0.2, -0.15) is 0 Å². The van der Waals surface area contributed by atoms with E-state index in [1.807, 2.05) is 12.1 Å². The number of halogens is 1. The molecular formula is C17H13ClN2O4S. The fourth-order valence-corrected chi connectivity index (χ4v) is 2.78. The van der Waals surface area contributed by atoms with Gasteiger partial charge in [0.05, 0.1) is 18.4 Å². The van der Waals surface area contributed by atoms with Gasteiger partial charge in [-0.15, -0.1) is 0 Å². The Bertz CT molecular complexity index is 896. The van der Waals surface area contributed by atoms with Gasteiger partial charge in [-0.1, -0.05) is 11.6 Å². The Kier molecular flexibility index (Phi) is 5.16. The van der Waals surface area contributed by atoms with Crippen LogP contribution >= 0.6 is 23.5 Å². The van der Waals surface area contributed by atoms with Crippen molar-refractivity contribution in [3.8, 4) is 17.2 Å². The Balaban J connectivity index is 1.72. The van der Waals surface area contributed by atoms with Crippen LogP contribution in [0.15, 0.2) is 58.2 Å². The number of nitrogens with one attached hydrogen (secondary N) is 1. The number of aromatic nitrogens is 1. The maximum Gasteiger partial charge on any atom is 0.335 e. The zero-order valence-electron chi connectivity index (χ0n) is 13.0. The van der Waals surface area contributed by atoms with Gasteiger partial charge in [0.25, 0.3) is 0 Å². The van der Waals surface area contributed by atoms with Crippen molar-refractivity contribution in [1.29, 1.82) is 0 Å². The highest BCUT2D eigenvalue weighted by molar-refractivity contribution is 8.00. The average molecular weight is 377 g/mol. The van der Waals surface area contributed by atoms with Crippen LogP contribution in [0, 0.1) is 0 Å². The van der Waals surface area contributed by atoms with Gasteiger partial charge in [-0.05, 0) is 42.5 Å². The molecule has 0 unspecified atom stereocenters. The first-order chi connectivity index (χ1) is 12.1. The van der Waals surface area contributed by atoms with Gasteiger partial charge in [0.15, 0.2) is 5.03 Å². The topological polar surface area (TPSA) is 84.6 Å². The third kappa shape index (κ3) is 4.07. The minimum Gasteiger partial charge on any atom is -0.495 e. The van der Waals surface area contributed by atoms with Crippen LogP contribution < -0.4 is 9.46 Å². The smallest absolute Gasteiger partial charge is 0.335 e. The Hall–Kier alpha value is -2.64. The van der Waals surface area contributed by atoms with E-state index in [9.17, 15) is 4.79 Å². The number of benzene rings is 2. The van der Waals surface area contributed by atoms with E-state index < -0.39 is 5.97 Å². The lowest BCUT2D eigenvalue weighted by molar-refractivity contribution is 0.0696. The molecule has 0 fully saturated rings. The van der Waals surface area contributed by atoms with Crippen molar-refractivity contribution < 1.29 is 19.1 Å². The molecule has 6 nitrogen and oxygen atoms in total. The van der Waals surface area contributed by atoms with E-state index in [2.05, 4.69) is 9.71 Å². The van der Waals surface area contributed by atoms with Crippen LogP contribution in [0.5, 0.6) is 5.75 Å². The van der Waals surface area contributed by atoms with Gasteiger partial charge >= 0.3 is 5.97 Å². The fraction of sp³-hybridized carbons (Fsp3) is 0.0588. The summed E-state index contributed by atoms with van der Waals surface area (Å²) in [4.78, 5) is 15.4. The van der Waals surface area contributed by atoms with Gasteiger partial charge < -0.3 is 19.0 Å². The molecule has 0 spiro atoms. The van der Waals surface area contributed by atoms with Crippen LogP contribution in [0.25, 0.3) is 11.5 Å². The number of hydrogen-bond acceptors (Lipinski definition) is 6. The summed E-state index contributed by atoms with van der Waals surface area (Å²) in [6.45, 7) is 0. The second-order valence-corrected chi connectivity index (χ2v) is 6.19. The number of rotatable bonds is 6. The highest BCUT2D eigenvalue weighted by atomic mass is 35.5. The van der Waals surface area contributed by atoms with Crippen LogP contribution in [-0.2, 0) is 0 Å². The summed E-state index contributed by atoms with van der Waals surface area (Å²) in [7, 11) is 1.48. The van der Waals surface area contributed by atoms with Crippen LogP contribution in [0.1, 0.15) is 10.4 Å². The third-order valence-electron chi connectivity index (χ3n) is 3.29. The van der Waals surface area contributed by atoms with Crippen molar-refractivity contribution in [2.45, 2.75) is 5.03 Å². The molecule has 2 N–H and O–H groups in total. The molecular weight excluding hydrogens is 364 g/mol. The largest absolute Gasteiger partial charge is 0.495 e. The lowest BCUT2D eigenvalue weighted by Crippen LogP contribution is -1.99. The summed E-state index contributed by atoms with van der Waals surface area (Å²) in [6.07, 6.45) is 1.53. The number of nitrogens with zero attached hydrogens (tertiary/aromatic N) is 1. The first-order valence-electron chi connectivity index (χ1n) is 7.12. The zero-order valence-corrected chi connectivity index (χ0v) is 14.6. The molecule has 0 aliphatic carbocycles. The van der Waals surface area contributed by atoms with Crippen LogP contribution in [-0.4, -0.2) is 23.2 Å². The van der Waals surface area contributed by atoms with Crippen LogP contribution in [0.4, 0.5) is 5.69 Å². The average Bonchev–Trinajstić information content (AvgIpc) is 3.09. The zero-order chi connectivity index (χ0) is 17.8. The second-order valence-electron chi connectivity index (χ2n) is 4.92. The Morgan fingerprint density at radius 3 is 2.72 bits per heavy atom. The summed E-state index contributed by atoms with van der Waals surface area (Å²) >= 11 is 7.09. The normalized spacial score (nSPS) is 10.5. The molecule has 0 saturated heterocycles. The number of aromatic carboxylic acids is 1. The molecule has 3 rings (SSSR count). The summed E-state index contributed by atoms with van der Waals surface area (Å²) < 4.78 is 13.8. The number of carboxylic acids is 1. The highest BCUT2D eigenvalue weighted by Gasteiger charge is 2.11. The highest BCUT2D eigenvalue weighted by Crippen LogP contribution is 2.31. The minimum atomic E-state index is -1.01. The van der Waals surface area contributed by atoms with E-state index in [1.165, 1.54) is 37.5 Å². The summed E-state index contributed by atoms with van der Waals surface area (Å²) in [6, 6.07) is 11.8. The molecule has 8 heteroatoms. The molecule has 0 aliphatic heterocycles. The molecule has 0 saturated carbocycles. The Morgan fingerprint density at radius 1 is 1.28 bits per heavy atom. The van der Waals surface area contributed by atoms with E-state index in [4.69, 9.17) is 25.9 Å². The molecule has 1 heterocycles. The summed E-state index contributed by atoms with van der Waals surface area (Å²) in [5.41, 5.74) is 1.60. The van der Waals surface area contributed by atoms with E-state index >= 15 is 0 Å². The van der Waals surface area contributed by atoms with E-state index in [0.29, 0.717) is 27.4 Å². The van der Waals surface area contributed by atoms with Crippen LogP contribution in [0.3, 0.4) is 0 Å². The van der Waals surface area contributed by atoms with Crippen molar-refractivity contribution in [3.05, 3.63) is 59.3 Å². The maximum atomic E-state index is 11.0. The van der Waals surface area contributed by atoms with Crippen molar-refractivity contribution in [1.82, 2.24) is 4.98 Å². The van der Waals surface area contributed by atoms with E-state index in [-0.39, 0.29) is 5.56 Å². The van der Waals surface area contributed by atoms with Crippen molar-refractivity contribution in [2.75, 3.05) is 11.8 Å². The molecule has 0 radical (unpaired) electrons. The van der Waals surface area contributed by atoms with Crippen molar-refractivity contribution >= 4 is 35.2 Å². The van der Waals surface area contributed by atoms with E-state index in [1.54, 1.807) is 18.2 Å². The number of oxazole rings is 1. The molecule has 0 atom stereocenters. The van der Waals surface area contributed by atoms with Gasteiger partial charge in [0, 0.05) is 22.5 Å². The van der Waals surface area contributed by atoms with Crippen molar-refractivity contribution in [3.63, 3.8) is 0 Å². The first kappa shape index (κ1) is 17.2. The maximum absolute atomic E-state index is 11.0. The number of carbonyl (C=O) groups is 1. The molecule has 25 heavy (non-hydrogen) atoms. The molecule has 1 aromatic heterocycles. The van der Waals surface area contributed by atoms with Gasteiger partial charge in [0.1, 0.15) is 12.0 Å². The standard InChI is InChI=1S/C17H13ClN2O4S/c1-23-14-8-11(17(21)22)4-7-13(14)20-25-15-9-24-16(19-15)10-2-5-12(18)6-3-10/h2-9,20H,1H3,(H,21,22). The third-order valence-corrected chi connectivity index (χ3v) is 4.26. The predicted molar refractivity (Wildman–Crippen MR) is 96.4 cm³/mol. The quantitative estimate of drug-likeness (QED) is 0.596. The van der Waals surface area contributed by atoms with Gasteiger partial charge in [-0.3, -0.25) is 0 Å². The number of hydrogen-bond donors (Lipinski definition) is 2. The minimum absolute atomic E-state index is 0.152. The number of ether oxygens (including phenoxy) is 1. The molecule has 128 valence electrons.